The normalized spacial score (nSPS) is 18.7. The van der Waals surface area contributed by atoms with Gasteiger partial charge in [0.05, 0.1) is 7.11 Å². The maximum absolute atomic E-state index is 13.9. The summed E-state index contributed by atoms with van der Waals surface area (Å²) in [5.74, 6) is -1.67. The van der Waals surface area contributed by atoms with Crippen LogP contribution in [0.1, 0.15) is 72.3 Å². The summed E-state index contributed by atoms with van der Waals surface area (Å²) in [6.07, 6.45) is 1.74. The number of likely N-dealkylation sites (tertiary alicyclic amines) is 1. The average Bonchev–Trinajstić information content (AvgIpc) is 3.38. The summed E-state index contributed by atoms with van der Waals surface area (Å²) >= 11 is 0. The molecule has 2 unspecified atom stereocenters. The van der Waals surface area contributed by atoms with E-state index in [1.165, 1.54) is 7.11 Å². The second kappa shape index (κ2) is 15.8. The molecule has 12 nitrogen and oxygen atoms in total. The minimum Gasteiger partial charge on any atom is -0.467 e. The highest BCUT2D eigenvalue weighted by Gasteiger charge is 2.36. The predicted molar refractivity (Wildman–Crippen MR) is 164 cm³/mol. The highest BCUT2D eigenvalue weighted by molar-refractivity contribution is 5.91. The third-order valence-corrected chi connectivity index (χ3v) is 7.82. The van der Waals surface area contributed by atoms with Crippen LogP contribution >= 0.6 is 0 Å². The first-order chi connectivity index (χ1) is 20.8. The lowest BCUT2D eigenvalue weighted by Crippen LogP contribution is -2.57. The van der Waals surface area contributed by atoms with Crippen LogP contribution in [-0.4, -0.2) is 90.2 Å². The standard InChI is InChI=1S/C32H49N5O7/c1-21(2)18-25(28(39)34-26(29(40)43-6)19-23-12-15-33-27(23)38)35-30(41)37(20-22-10-8-7-9-11-22)24-13-16-36(17-14-24)31(42)44-32(3,4)5/h7-11,21,23-26H,12-20H2,1-6H3,(H,33,38)(H,34,39)(H,35,41)/t23-,25?,26?/m0/s1. The number of urea groups is 1. The van der Waals surface area contributed by atoms with Crippen molar-refractivity contribution in [3.63, 3.8) is 0 Å². The Morgan fingerprint density at radius 1 is 1.02 bits per heavy atom. The van der Waals surface area contributed by atoms with Gasteiger partial charge in [-0.3, -0.25) is 9.59 Å². The number of carbonyl (C=O) groups excluding carboxylic acids is 5. The van der Waals surface area contributed by atoms with Gasteiger partial charge in [-0.05, 0) is 64.4 Å². The lowest BCUT2D eigenvalue weighted by molar-refractivity contribution is -0.146. The smallest absolute Gasteiger partial charge is 0.410 e. The van der Waals surface area contributed by atoms with Gasteiger partial charge in [0.25, 0.3) is 0 Å². The number of carbonyl (C=O) groups is 5. The van der Waals surface area contributed by atoms with Crippen LogP contribution in [-0.2, 0) is 30.4 Å². The number of methoxy groups -OCH3 is 1. The molecule has 0 spiro atoms. The minimum absolute atomic E-state index is 0.0582. The molecule has 44 heavy (non-hydrogen) atoms. The van der Waals surface area contributed by atoms with Gasteiger partial charge in [0.2, 0.25) is 11.8 Å². The topological polar surface area (TPSA) is 146 Å². The molecule has 0 saturated carbocycles. The van der Waals surface area contributed by atoms with Gasteiger partial charge in [0.1, 0.15) is 17.7 Å². The van der Waals surface area contributed by atoms with Crippen molar-refractivity contribution < 1.29 is 33.4 Å². The summed E-state index contributed by atoms with van der Waals surface area (Å²) in [5, 5.41) is 8.43. The lowest BCUT2D eigenvalue weighted by Gasteiger charge is -2.39. The van der Waals surface area contributed by atoms with Crippen molar-refractivity contribution in [2.75, 3.05) is 26.7 Å². The summed E-state index contributed by atoms with van der Waals surface area (Å²) in [4.78, 5) is 68.3. The van der Waals surface area contributed by atoms with E-state index < -0.39 is 41.5 Å². The molecule has 0 aromatic heterocycles. The van der Waals surface area contributed by atoms with Gasteiger partial charge in [-0.25, -0.2) is 14.4 Å². The zero-order valence-electron chi connectivity index (χ0n) is 26.9. The number of benzene rings is 1. The van der Waals surface area contributed by atoms with Crippen LogP contribution in [0.15, 0.2) is 30.3 Å². The number of nitrogens with one attached hydrogen (secondary N) is 3. The summed E-state index contributed by atoms with van der Waals surface area (Å²) in [5.41, 5.74) is 0.331. The van der Waals surface area contributed by atoms with E-state index >= 15 is 0 Å². The Morgan fingerprint density at radius 3 is 2.23 bits per heavy atom. The predicted octanol–water partition coefficient (Wildman–Crippen LogP) is 3.20. The van der Waals surface area contributed by atoms with E-state index in [9.17, 15) is 24.0 Å². The molecule has 2 heterocycles. The number of hydrogen-bond acceptors (Lipinski definition) is 7. The SMILES string of the molecule is COC(=O)C(C[C@@H]1CCNC1=O)NC(=O)C(CC(C)C)NC(=O)N(Cc1ccccc1)C1CCN(C(=O)OC(C)(C)C)CC1. The molecule has 0 bridgehead atoms. The van der Waals surface area contributed by atoms with Gasteiger partial charge in [-0.2, -0.15) is 0 Å². The van der Waals surface area contributed by atoms with Crippen LogP contribution in [0.25, 0.3) is 0 Å². The van der Waals surface area contributed by atoms with Gasteiger partial charge < -0.3 is 35.2 Å². The Labute approximate surface area is 260 Å². The maximum atomic E-state index is 13.9. The number of esters is 1. The number of rotatable bonds is 11. The number of nitrogens with zero attached hydrogens (tertiary/aromatic N) is 2. The van der Waals surface area contributed by atoms with Crippen LogP contribution in [0, 0.1) is 11.8 Å². The quantitative estimate of drug-likeness (QED) is 0.324. The largest absolute Gasteiger partial charge is 0.467 e. The van der Waals surface area contributed by atoms with Crippen LogP contribution in [0.3, 0.4) is 0 Å². The summed E-state index contributed by atoms with van der Waals surface area (Å²) in [6.45, 7) is 11.1. The Balaban J connectivity index is 1.75. The van der Waals surface area contributed by atoms with Crippen molar-refractivity contribution in [1.82, 2.24) is 25.8 Å². The molecule has 2 saturated heterocycles. The van der Waals surface area contributed by atoms with E-state index in [4.69, 9.17) is 9.47 Å². The third kappa shape index (κ3) is 10.4. The minimum atomic E-state index is -1.02. The van der Waals surface area contributed by atoms with Crippen molar-refractivity contribution in [2.45, 2.75) is 97.0 Å². The zero-order valence-corrected chi connectivity index (χ0v) is 26.9. The van der Waals surface area contributed by atoms with Crippen molar-refractivity contribution in [3.05, 3.63) is 35.9 Å². The van der Waals surface area contributed by atoms with Gasteiger partial charge in [0.15, 0.2) is 0 Å². The van der Waals surface area contributed by atoms with Crippen LogP contribution < -0.4 is 16.0 Å². The fourth-order valence-electron chi connectivity index (χ4n) is 5.55. The summed E-state index contributed by atoms with van der Waals surface area (Å²) in [7, 11) is 1.24. The molecule has 1 aromatic carbocycles. The van der Waals surface area contributed by atoms with Crippen LogP contribution in [0.2, 0.25) is 0 Å². The van der Waals surface area contributed by atoms with E-state index in [2.05, 4.69) is 16.0 Å². The first-order valence-electron chi connectivity index (χ1n) is 15.5. The molecule has 12 heteroatoms. The molecule has 244 valence electrons. The Hall–Kier alpha value is -3.83. The molecule has 3 atom stereocenters. The number of hydrogen-bond donors (Lipinski definition) is 3. The van der Waals surface area contributed by atoms with Crippen molar-refractivity contribution in [1.29, 1.82) is 0 Å². The lowest BCUT2D eigenvalue weighted by atomic mass is 9.97. The molecule has 0 radical (unpaired) electrons. The molecule has 2 aliphatic rings. The molecule has 3 rings (SSSR count). The highest BCUT2D eigenvalue weighted by Crippen LogP contribution is 2.22. The van der Waals surface area contributed by atoms with E-state index in [-0.39, 0.29) is 30.4 Å². The second-order valence-corrected chi connectivity index (χ2v) is 13.0. The highest BCUT2D eigenvalue weighted by atomic mass is 16.6. The molecule has 2 fully saturated rings. The number of ether oxygens (including phenoxy) is 2. The van der Waals surface area contributed by atoms with Crippen LogP contribution in [0.5, 0.6) is 0 Å². The Kier molecular flexibility index (Phi) is 12.4. The van der Waals surface area contributed by atoms with Gasteiger partial charge in [-0.15, -0.1) is 0 Å². The fourth-order valence-corrected chi connectivity index (χ4v) is 5.55. The van der Waals surface area contributed by atoms with Crippen molar-refractivity contribution >= 4 is 29.9 Å². The molecular weight excluding hydrogens is 566 g/mol. The van der Waals surface area contributed by atoms with E-state index in [0.717, 1.165) is 5.56 Å². The van der Waals surface area contributed by atoms with E-state index in [0.29, 0.717) is 51.9 Å². The van der Waals surface area contributed by atoms with Gasteiger partial charge >= 0.3 is 18.1 Å². The number of piperidine rings is 1. The Morgan fingerprint density at radius 2 is 1.68 bits per heavy atom. The molecular formula is C32H49N5O7. The summed E-state index contributed by atoms with van der Waals surface area (Å²) < 4.78 is 10.4. The Bertz CT molecular complexity index is 1150. The maximum Gasteiger partial charge on any atom is 0.410 e. The van der Waals surface area contributed by atoms with Crippen molar-refractivity contribution in [2.24, 2.45) is 11.8 Å². The summed E-state index contributed by atoms with van der Waals surface area (Å²) in [6, 6.07) is 7.06. The first kappa shape index (κ1) is 34.7. The zero-order chi connectivity index (χ0) is 32.4. The van der Waals surface area contributed by atoms with Crippen molar-refractivity contribution in [3.8, 4) is 0 Å². The fraction of sp³-hybridized carbons (Fsp3) is 0.656. The van der Waals surface area contributed by atoms with Gasteiger partial charge in [-0.1, -0.05) is 44.2 Å². The van der Waals surface area contributed by atoms with E-state index in [1.807, 2.05) is 65.0 Å². The van der Waals surface area contributed by atoms with Gasteiger partial charge in [0, 0.05) is 38.1 Å². The monoisotopic (exact) mass is 615 g/mol. The second-order valence-electron chi connectivity index (χ2n) is 13.0. The molecule has 5 amide bonds. The van der Waals surface area contributed by atoms with E-state index in [1.54, 1.807) is 9.80 Å². The number of amides is 5. The molecule has 0 aliphatic carbocycles. The average molecular weight is 616 g/mol. The molecule has 1 aromatic rings. The molecule has 2 aliphatic heterocycles. The molecule has 3 N–H and O–H groups in total. The van der Waals surface area contributed by atoms with Crippen LogP contribution in [0.4, 0.5) is 9.59 Å². The third-order valence-electron chi connectivity index (χ3n) is 7.82. The first-order valence-corrected chi connectivity index (χ1v) is 15.5.